The molecule has 0 bridgehead atoms. The summed E-state index contributed by atoms with van der Waals surface area (Å²) in [6.07, 6.45) is 5.52. The molecule has 222 valence electrons. The molecule has 1 unspecified atom stereocenters. The number of fused-ring (bicyclic) bond motifs is 3. The highest BCUT2D eigenvalue weighted by Crippen LogP contribution is 2.44. The summed E-state index contributed by atoms with van der Waals surface area (Å²) in [4.78, 5) is 40.0. The fraction of sp³-hybridized carbons (Fsp3) is 0.258. The zero-order valence-electron chi connectivity index (χ0n) is 24.1. The minimum absolute atomic E-state index is 0.0779. The third kappa shape index (κ3) is 4.35. The molecule has 0 aliphatic heterocycles. The third-order valence-corrected chi connectivity index (χ3v) is 8.18. The molecule has 13 nitrogen and oxygen atoms in total. The van der Waals surface area contributed by atoms with Crippen molar-refractivity contribution in [3.8, 4) is 11.6 Å². The number of rotatable bonds is 8. The van der Waals surface area contributed by atoms with E-state index < -0.39 is 11.1 Å². The van der Waals surface area contributed by atoms with Crippen LogP contribution in [0.15, 0.2) is 77.5 Å². The predicted molar refractivity (Wildman–Crippen MR) is 159 cm³/mol. The first kappa shape index (κ1) is 27.3. The Labute approximate surface area is 251 Å². The lowest BCUT2D eigenvalue weighted by atomic mass is 9.77. The molecule has 6 aromatic rings. The lowest BCUT2D eigenvalue weighted by Crippen LogP contribution is -2.48. The highest BCUT2D eigenvalue weighted by molar-refractivity contribution is 5.94. The van der Waals surface area contributed by atoms with E-state index in [0.29, 0.717) is 58.1 Å². The van der Waals surface area contributed by atoms with Crippen molar-refractivity contribution < 1.29 is 18.7 Å². The van der Waals surface area contributed by atoms with E-state index in [2.05, 4.69) is 25.5 Å². The number of ether oxygens (including phenoxy) is 1. The first-order chi connectivity index (χ1) is 21.3. The zero-order valence-corrected chi connectivity index (χ0v) is 24.1. The van der Waals surface area contributed by atoms with E-state index in [4.69, 9.17) is 19.9 Å². The topological polar surface area (TPSA) is 168 Å². The van der Waals surface area contributed by atoms with Crippen molar-refractivity contribution in [1.82, 2.24) is 39.7 Å². The highest BCUT2D eigenvalue weighted by atomic mass is 16.6. The number of benzene rings is 1. The van der Waals surface area contributed by atoms with Gasteiger partial charge in [0.2, 0.25) is 11.8 Å². The molecule has 13 heteroatoms. The van der Waals surface area contributed by atoms with Crippen molar-refractivity contribution in [2.75, 3.05) is 5.73 Å². The maximum Gasteiger partial charge on any atom is 0.303 e. The Morgan fingerprint density at radius 2 is 1.86 bits per heavy atom. The quantitative estimate of drug-likeness (QED) is 0.249. The fourth-order valence-corrected chi connectivity index (χ4v) is 5.72. The molecule has 1 aliphatic carbocycles. The van der Waals surface area contributed by atoms with Crippen molar-refractivity contribution in [3.63, 3.8) is 0 Å². The van der Waals surface area contributed by atoms with Crippen molar-refractivity contribution in [2.24, 2.45) is 0 Å². The molecular formula is C31H29N9O4. The normalized spacial score (nSPS) is 15.5. The molecule has 1 atom stereocenters. The Balaban J connectivity index is 1.25. The summed E-state index contributed by atoms with van der Waals surface area (Å²) in [5.74, 6) is 0.229. The van der Waals surface area contributed by atoms with Gasteiger partial charge in [-0.1, -0.05) is 36.4 Å². The molecule has 1 aliphatic rings. The molecule has 1 fully saturated rings. The first-order valence-electron chi connectivity index (χ1n) is 14.2. The number of hydrogen-bond acceptors (Lipinski definition) is 10. The van der Waals surface area contributed by atoms with Gasteiger partial charge in [-0.2, -0.15) is 14.6 Å². The van der Waals surface area contributed by atoms with Gasteiger partial charge in [-0.15, -0.1) is 5.10 Å². The number of nitrogen functional groups attached to an aromatic ring is 1. The number of amides is 1. The lowest BCUT2D eigenvalue weighted by molar-refractivity contribution is -0.169. The van der Waals surface area contributed by atoms with Crippen LogP contribution in [0.1, 0.15) is 50.1 Å². The number of hydrogen-bond donors (Lipinski definition) is 2. The Hall–Kier alpha value is -5.59. The Morgan fingerprint density at radius 1 is 1.05 bits per heavy atom. The van der Waals surface area contributed by atoms with Crippen LogP contribution >= 0.6 is 0 Å². The van der Waals surface area contributed by atoms with Gasteiger partial charge in [-0.05, 0) is 56.0 Å². The van der Waals surface area contributed by atoms with Gasteiger partial charge in [0.25, 0.3) is 5.91 Å². The second-order valence-electron chi connectivity index (χ2n) is 11.0. The van der Waals surface area contributed by atoms with Crippen LogP contribution in [0.3, 0.4) is 0 Å². The van der Waals surface area contributed by atoms with Crippen LogP contribution < -0.4 is 11.1 Å². The van der Waals surface area contributed by atoms with Crippen molar-refractivity contribution >= 4 is 34.5 Å². The first-order valence-corrected chi connectivity index (χ1v) is 14.2. The van der Waals surface area contributed by atoms with Gasteiger partial charge >= 0.3 is 5.97 Å². The van der Waals surface area contributed by atoms with Gasteiger partial charge in [-0.25, -0.2) is 9.67 Å². The monoisotopic (exact) mass is 591 g/mol. The number of aromatic nitrogens is 7. The van der Waals surface area contributed by atoms with E-state index in [9.17, 15) is 9.59 Å². The number of furan rings is 1. The molecule has 5 aromatic heterocycles. The zero-order chi connectivity index (χ0) is 30.5. The summed E-state index contributed by atoms with van der Waals surface area (Å²) in [7, 11) is 0. The molecule has 0 saturated heterocycles. The number of carbonyl (C=O) groups excluding carboxylic acids is 2. The van der Waals surface area contributed by atoms with Gasteiger partial charge in [-0.3, -0.25) is 14.6 Å². The van der Waals surface area contributed by atoms with Crippen molar-refractivity contribution in [1.29, 1.82) is 0 Å². The number of nitrogens with zero attached hydrogens (tertiary/aromatic N) is 7. The maximum atomic E-state index is 14.2. The maximum absolute atomic E-state index is 14.2. The van der Waals surface area contributed by atoms with E-state index >= 15 is 0 Å². The molecular weight excluding hydrogens is 562 g/mol. The smallest absolute Gasteiger partial charge is 0.303 e. The number of carbonyl (C=O) groups is 2. The minimum Gasteiger partial charge on any atom is -0.461 e. The standard InChI is InChI=1S/C31H29N9O4/c1-19(41)44-31(14-8-15-31)24-13-6-11-21(35-24)17-33-28(42)30(2,20-9-4-3-5-10-20)40-27-22(18-34-40)26-36-25(23-12-7-16-43-23)38-39(26)29(32)37-27/h3-7,9-13,16,18H,8,14-15,17H2,1-2H3,(H2,32,37)(H,33,42). The summed E-state index contributed by atoms with van der Waals surface area (Å²) >= 11 is 0. The van der Waals surface area contributed by atoms with Crippen molar-refractivity contribution in [3.05, 3.63) is 90.1 Å². The number of nitrogens with two attached hydrogens (primary N) is 1. The number of nitrogens with one attached hydrogen (secondary N) is 1. The van der Waals surface area contributed by atoms with Crippen LogP contribution in [0.2, 0.25) is 0 Å². The van der Waals surface area contributed by atoms with E-state index in [1.807, 2.05) is 48.5 Å². The predicted octanol–water partition coefficient (Wildman–Crippen LogP) is 3.73. The van der Waals surface area contributed by atoms with Gasteiger partial charge in [0.05, 0.1) is 35.8 Å². The van der Waals surface area contributed by atoms with Crippen LogP contribution in [0.4, 0.5) is 5.95 Å². The summed E-state index contributed by atoms with van der Waals surface area (Å²) in [5.41, 5.74) is 7.08. The highest BCUT2D eigenvalue weighted by Gasteiger charge is 2.44. The molecule has 3 N–H and O–H groups in total. The fourth-order valence-electron chi connectivity index (χ4n) is 5.72. The largest absolute Gasteiger partial charge is 0.461 e. The molecule has 1 aromatic carbocycles. The minimum atomic E-state index is -1.34. The summed E-state index contributed by atoms with van der Waals surface area (Å²) in [6, 6.07) is 18.4. The molecule has 5 heterocycles. The molecule has 7 rings (SSSR count). The summed E-state index contributed by atoms with van der Waals surface area (Å²) < 4.78 is 14.1. The second-order valence-corrected chi connectivity index (χ2v) is 11.0. The second kappa shape index (κ2) is 10.3. The van der Waals surface area contributed by atoms with Gasteiger partial charge in [0, 0.05) is 6.92 Å². The Morgan fingerprint density at radius 3 is 2.57 bits per heavy atom. The van der Waals surface area contributed by atoms with Crippen LogP contribution in [0.5, 0.6) is 0 Å². The van der Waals surface area contributed by atoms with Crippen molar-refractivity contribution in [2.45, 2.75) is 50.8 Å². The molecule has 1 saturated carbocycles. The van der Waals surface area contributed by atoms with E-state index in [-0.39, 0.29) is 24.4 Å². The lowest BCUT2D eigenvalue weighted by Gasteiger charge is -2.40. The molecule has 1 amide bonds. The summed E-state index contributed by atoms with van der Waals surface area (Å²) in [5, 5.41) is 12.7. The summed E-state index contributed by atoms with van der Waals surface area (Å²) in [6.45, 7) is 3.32. The Bertz CT molecular complexity index is 2010. The molecule has 0 radical (unpaired) electrons. The Kier molecular flexibility index (Phi) is 6.38. The van der Waals surface area contributed by atoms with E-state index in [0.717, 1.165) is 6.42 Å². The molecule has 44 heavy (non-hydrogen) atoms. The average Bonchev–Trinajstić information content (AvgIpc) is 3.78. The van der Waals surface area contributed by atoms with Gasteiger partial charge in [0.1, 0.15) is 0 Å². The van der Waals surface area contributed by atoms with Crippen LogP contribution in [0, 0.1) is 0 Å². The number of esters is 1. The van der Waals surface area contributed by atoms with Crippen LogP contribution in [-0.4, -0.2) is 46.2 Å². The van der Waals surface area contributed by atoms with E-state index in [1.165, 1.54) is 17.7 Å². The third-order valence-electron chi connectivity index (χ3n) is 8.18. The SMILES string of the molecule is CC(=O)OC1(c2cccc(CNC(=O)C(C)(c3ccccc3)n3ncc4c3nc(N)n3nc(-c5ccco5)nc43)n2)CCC1. The number of pyridine rings is 1. The van der Waals surface area contributed by atoms with Gasteiger partial charge in [0.15, 0.2) is 28.2 Å². The average molecular weight is 592 g/mol. The van der Waals surface area contributed by atoms with Gasteiger partial charge < -0.3 is 20.2 Å². The van der Waals surface area contributed by atoms with Crippen LogP contribution in [0.25, 0.3) is 28.3 Å². The number of anilines is 1. The van der Waals surface area contributed by atoms with E-state index in [1.54, 1.807) is 29.9 Å². The van der Waals surface area contributed by atoms with Crippen LogP contribution in [-0.2, 0) is 32.0 Å². The molecule has 0 spiro atoms.